The van der Waals surface area contributed by atoms with Gasteiger partial charge in [-0.05, 0) is 65.6 Å². The second kappa shape index (κ2) is 21.6. The van der Waals surface area contributed by atoms with Crippen LogP contribution < -0.4 is 26.4 Å². The van der Waals surface area contributed by atoms with Crippen LogP contribution in [0.5, 0.6) is 5.75 Å². The van der Waals surface area contributed by atoms with Crippen molar-refractivity contribution in [3.8, 4) is 22.3 Å². The first-order chi connectivity index (χ1) is 31.7. The first-order valence-corrected chi connectivity index (χ1v) is 24.1. The normalized spacial score (nSPS) is 20.0. The van der Waals surface area contributed by atoms with Crippen LogP contribution in [-0.2, 0) is 32.1 Å². The topological polar surface area (TPSA) is 209 Å². The number of hydrogen-bond acceptors (Lipinski definition) is 11. The average Bonchev–Trinajstić information content (AvgIpc) is 3.91. The summed E-state index contributed by atoms with van der Waals surface area (Å²) in [5.74, 6) is -0.333. The highest BCUT2D eigenvalue weighted by atomic mass is 35.5. The lowest BCUT2D eigenvalue weighted by Gasteiger charge is -2.63. The van der Waals surface area contributed by atoms with Gasteiger partial charge in [-0.1, -0.05) is 109 Å². The van der Waals surface area contributed by atoms with Gasteiger partial charge in [0.1, 0.15) is 42.4 Å². The van der Waals surface area contributed by atoms with Crippen molar-refractivity contribution in [3.05, 3.63) is 99.5 Å². The van der Waals surface area contributed by atoms with Gasteiger partial charge in [-0.15, -0.1) is 11.3 Å². The highest BCUT2D eigenvalue weighted by Crippen LogP contribution is 2.55. The third-order valence-corrected chi connectivity index (χ3v) is 14.1. The molecule has 0 spiro atoms. The molecule has 4 amide bonds. The van der Waals surface area contributed by atoms with Gasteiger partial charge in [0.15, 0.2) is 0 Å². The molecule has 358 valence electrons. The molecule has 1 aliphatic heterocycles. The maximum absolute atomic E-state index is 14.0. The standard InChI is InChI=1S/C51H64ClN7O7S/c1-49(2,3)42(46(64)59-28-36(60)24-39(59)45(63)55-27-32-15-17-33(18-16-32)41-43(54)56-30-67-41)57-40(61)29-65-23-11-9-8-10-12-31-13-19-34(20-14-31)44(62)58-47-50(4,5)48(51(47,6)7)66-37-22-21-35(26-53)38(52)25-37/h13-22,25,30,36,39,42,47-48,60H,8-12,23-24,27-29,54H2,1-7H3,(H,55,63)(H,57,61)(H,58,62)/t36-,39+,42-,47?,48?/m1/s1. The summed E-state index contributed by atoms with van der Waals surface area (Å²) >= 11 is 7.69. The van der Waals surface area contributed by atoms with E-state index >= 15 is 0 Å². The number of nitriles is 1. The van der Waals surface area contributed by atoms with E-state index in [0.29, 0.717) is 34.3 Å². The van der Waals surface area contributed by atoms with E-state index in [1.54, 1.807) is 23.7 Å². The molecule has 2 aliphatic rings. The van der Waals surface area contributed by atoms with E-state index in [0.717, 1.165) is 53.7 Å². The number of carbonyl (C=O) groups excluding carboxylic acids is 4. The molecule has 2 fully saturated rings. The Bertz CT molecular complexity index is 2410. The molecule has 1 saturated carbocycles. The summed E-state index contributed by atoms with van der Waals surface area (Å²) in [6.07, 6.45) is 3.49. The minimum atomic E-state index is -0.947. The van der Waals surface area contributed by atoms with Gasteiger partial charge in [-0.2, -0.15) is 5.26 Å². The largest absolute Gasteiger partial charge is 0.489 e. The first-order valence-electron chi connectivity index (χ1n) is 22.9. The van der Waals surface area contributed by atoms with E-state index in [-0.39, 0.29) is 60.9 Å². The van der Waals surface area contributed by atoms with Gasteiger partial charge < -0.3 is 41.2 Å². The third kappa shape index (κ3) is 12.3. The van der Waals surface area contributed by atoms with Crippen LogP contribution >= 0.6 is 22.9 Å². The molecule has 3 atom stereocenters. The van der Waals surface area contributed by atoms with E-state index in [1.807, 2.05) is 69.3 Å². The van der Waals surface area contributed by atoms with Crippen molar-refractivity contribution in [3.63, 3.8) is 0 Å². The lowest BCUT2D eigenvalue weighted by molar-refractivity contribution is -0.164. The molecule has 16 heteroatoms. The number of anilines is 1. The number of ether oxygens (including phenoxy) is 2. The van der Waals surface area contributed by atoms with Crippen molar-refractivity contribution < 1.29 is 33.8 Å². The van der Waals surface area contributed by atoms with Gasteiger partial charge in [-0.25, -0.2) is 4.98 Å². The zero-order valence-electron chi connectivity index (χ0n) is 39.5. The van der Waals surface area contributed by atoms with Crippen LogP contribution in [0.2, 0.25) is 5.02 Å². The fraction of sp³-hybridized carbons (Fsp3) is 0.490. The number of nitrogen functional groups attached to an aromatic ring is 1. The number of nitrogens with one attached hydrogen (secondary N) is 3. The minimum absolute atomic E-state index is 0.0146. The molecule has 2 heterocycles. The molecule has 6 N–H and O–H groups in total. The fourth-order valence-corrected chi connectivity index (χ4v) is 10.5. The zero-order valence-corrected chi connectivity index (χ0v) is 41.1. The van der Waals surface area contributed by atoms with Crippen molar-refractivity contribution in [2.45, 2.75) is 124 Å². The number of unbranched alkanes of at least 4 members (excludes halogenated alkanes) is 3. The van der Waals surface area contributed by atoms with Gasteiger partial charge in [0.2, 0.25) is 17.7 Å². The maximum atomic E-state index is 14.0. The number of nitrogens with two attached hydrogens (primary N) is 1. The van der Waals surface area contributed by atoms with E-state index in [9.17, 15) is 29.5 Å². The van der Waals surface area contributed by atoms with E-state index in [2.05, 4.69) is 54.7 Å². The van der Waals surface area contributed by atoms with Gasteiger partial charge >= 0.3 is 0 Å². The fourth-order valence-electron chi connectivity index (χ4n) is 9.56. The van der Waals surface area contributed by atoms with Crippen molar-refractivity contribution in [1.29, 1.82) is 5.26 Å². The van der Waals surface area contributed by atoms with Crippen LogP contribution in [0.25, 0.3) is 10.4 Å². The molecular weight excluding hydrogens is 890 g/mol. The predicted octanol–water partition coefficient (Wildman–Crippen LogP) is 7.46. The van der Waals surface area contributed by atoms with Gasteiger partial charge in [-0.3, -0.25) is 19.2 Å². The quantitative estimate of drug-likeness (QED) is 0.0586. The number of aliphatic hydroxyl groups excluding tert-OH is 1. The van der Waals surface area contributed by atoms with Crippen molar-refractivity contribution in [2.75, 3.05) is 25.5 Å². The first kappa shape index (κ1) is 50.9. The minimum Gasteiger partial charge on any atom is -0.489 e. The van der Waals surface area contributed by atoms with Crippen LogP contribution in [-0.4, -0.2) is 88.7 Å². The molecule has 0 unspecified atom stereocenters. The predicted molar refractivity (Wildman–Crippen MR) is 260 cm³/mol. The Morgan fingerprint density at radius 1 is 0.985 bits per heavy atom. The summed E-state index contributed by atoms with van der Waals surface area (Å²) in [4.78, 5) is 60.2. The molecule has 0 bridgehead atoms. The van der Waals surface area contributed by atoms with Crippen LogP contribution in [0, 0.1) is 27.6 Å². The monoisotopic (exact) mass is 953 g/mol. The Balaban J connectivity index is 0.878. The highest BCUT2D eigenvalue weighted by Gasteiger charge is 2.64. The molecule has 1 aliphatic carbocycles. The smallest absolute Gasteiger partial charge is 0.251 e. The van der Waals surface area contributed by atoms with E-state index < -0.39 is 35.4 Å². The second-order valence-electron chi connectivity index (χ2n) is 20.0. The number of halogens is 1. The van der Waals surface area contributed by atoms with Crippen molar-refractivity contribution in [1.82, 2.24) is 25.8 Å². The number of carbonyl (C=O) groups is 4. The summed E-state index contributed by atoms with van der Waals surface area (Å²) in [7, 11) is 0. The number of likely N-dealkylation sites (tertiary alicyclic amines) is 1. The number of benzene rings is 3. The number of hydrogen-bond donors (Lipinski definition) is 5. The molecule has 6 rings (SSSR count). The summed E-state index contributed by atoms with van der Waals surface area (Å²) in [5, 5.41) is 29.1. The number of aromatic nitrogens is 1. The van der Waals surface area contributed by atoms with Crippen LogP contribution in [0.3, 0.4) is 0 Å². The zero-order chi connectivity index (χ0) is 48.7. The number of amides is 4. The number of thiazole rings is 1. The van der Waals surface area contributed by atoms with Crippen LogP contribution in [0.4, 0.5) is 5.82 Å². The number of β-amino-alcohol motifs (C(OH)–C–C–N with tert-alkyl or cyclic N) is 1. The molecule has 4 aromatic rings. The molecule has 14 nitrogen and oxygen atoms in total. The Kier molecular flexibility index (Phi) is 16.4. The Labute approximate surface area is 403 Å². The summed E-state index contributed by atoms with van der Waals surface area (Å²) in [5.41, 5.74) is 10.1. The van der Waals surface area contributed by atoms with Crippen LogP contribution in [0.15, 0.2) is 72.2 Å². The van der Waals surface area contributed by atoms with Gasteiger partial charge in [0.25, 0.3) is 5.91 Å². The summed E-state index contributed by atoms with van der Waals surface area (Å²) < 4.78 is 12.1. The highest BCUT2D eigenvalue weighted by molar-refractivity contribution is 7.13. The van der Waals surface area contributed by atoms with Crippen molar-refractivity contribution in [2.24, 2.45) is 16.2 Å². The average molecular weight is 955 g/mol. The molecule has 67 heavy (non-hydrogen) atoms. The van der Waals surface area contributed by atoms with Gasteiger partial charge in [0, 0.05) is 54.6 Å². The number of aryl methyl sites for hydroxylation is 1. The van der Waals surface area contributed by atoms with Crippen LogP contribution in [0.1, 0.15) is 108 Å². The van der Waals surface area contributed by atoms with Crippen molar-refractivity contribution >= 4 is 52.4 Å². The Morgan fingerprint density at radius 3 is 2.28 bits per heavy atom. The molecular formula is C51H64ClN7O7S. The summed E-state index contributed by atoms with van der Waals surface area (Å²) in [6, 6.07) is 20.5. The molecule has 0 radical (unpaired) electrons. The number of rotatable bonds is 19. The molecule has 3 aromatic carbocycles. The molecule has 1 aromatic heterocycles. The lowest BCUT2D eigenvalue weighted by Crippen LogP contribution is -2.74. The maximum Gasteiger partial charge on any atom is 0.251 e. The van der Waals surface area contributed by atoms with E-state index in [4.69, 9.17) is 26.8 Å². The second-order valence-corrected chi connectivity index (χ2v) is 21.2. The number of aliphatic hydroxyl groups is 1. The Morgan fingerprint density at radius 2 is 1.66 bits per heavy atom. The Hall–Kier alpha value is -5.53. The van der Waals surface area contributed by atoms with E-state index in [1.165, 1.54) is 16.2 Å². The molecule has 1 saturated heterocycles. The SMILES string of the molecule is CC1(C)C(NC(=O)c2ccc(CCCCCCOCC(=O)N[C@H](C(=O)N3C[C@H](O)C[C@H]3C(=O)NCc3ccc(-c4scnc4N)cc3)C(C)(C)C)cc2)C(C)(C)C1Oc1ccc(C#N)c(Cl)c1. The summed E-state index contributed by atoms with van der Waals surface area (Å²) in [6.45, 7) is 14.2. The number of nitrogens with zero attached hydrogens (tertiary/aromatic N) is 3. The lowest BCUT2D eigenvalue weighted by atomic mass is 9.49. The van der Waals surface area contributed by atoms with Gasteiger partial charge in [0.05, 0.1) is 27.1 Å². The third-order valence-electron chi connectivity index (χ3n) is 12.9.